The zero-order valence-corrected chi connectivity index (χ0v) is 12.0. The molecule has 21 heavy (non-hydrogen) atoms. The number of rotatable bonds is 0. The Kier molecular flexibility index (Phi) is 0.943. The van der Waals surface area contributed by atoms with Crippen LogP contribution in [0.2, 0.25) is 0 Å². The summed E-state index contributed by atoms with van der Waals surface area (Å²) in [5.74, 6) is 3.23. The SMILES string of the molecule is Cn1c(=O)n2n(c1=O)[C@H]1[C@H]3C4C5[C@]6(CC7(CC7)C[C@@]516)[C@@H]2[C@H]43. The van der Waals surface area contributed by atoms with Gasteiger partial charge in [0.1, 0.15) is 0 Å². The smallest absolute Gasteiger partial charge is 0.246 e. The van der Waals surface area contributed by atoms with Gasteiger partial charge in [-0.25, -0.2) is 23.5 Å². The van der Waals surface area contributed by atoms with E-state index in [9.17, 15) is 9.59 Å². The second-order valence-electron chi connectivity index (χ2n) is 9.35. The molecule has 6 saturated carbocycles. The fraction of sp³-hybridized carbons (Fsp3) is 0.875. The van der Waals surface area contributed by atoms with Gasteiger partial charge >= 0.3 is 11.4 Å². The zero-order chi connectivity index (χ0) is 13.7. The second-order valence-corrected chi connectivity index (χ2v) is 9.35. The van der Waals surface area contributed by atoms with Crippen molar-refractivity contribution in [2.45, 2.75) is 37.8 Å². The minimum absolute atomic E-state index is 0.0497. The predicted molar refractivity (Wildman–Crippen MR) is 71.7 cm³/mol. The molecule has 2 bridgehead atoms. The van der Waals surface area contributed by atoms with E-state index in [2.05, 4.69) is 0 Å². The molecule has 5 nitrogen and oxygen atoms in total. The highest BCUT2D eigenvalue weighted by atomic mass is 16.2. The van der Waals surface area contributed by atoms with Crippen LogP contribution in [0, 0.1) is 39.9 Å². The molecule has 0 amide bonds. The Morgan fingerprint density at radius 3 is 1.90 bits per heavy atom. The molecule has 6 fully saturated rings. The Balaban J connectivity index is 1.55. The summed E-state index contributed by atoms with van der Waals surface area (Å²) in [6.45, 7) is 0. The standard InChI is InChI=1S/C16H17N3O2/c1-17-12(20)18-10-7-6-8(7)11(19(18)13(17)21)16-5-14(2-3-14)4-15(10,16)9(6)16/h6-11H,2-5H2,1H3/t6?,7-,8+,9?,10-,11-,15+,16+/m0/s1. The van der Waals surface area contributed by atoms with Crippen molar-refractivity contribution in [3.05, 3.63) is 21.0 Å². The van der Waals surface area contributed by atoms with Crippen molar-refractivity contribution in [1.29, 1.82) is 0 Å². The number of aromatic nitrogens is 3. The molecule has 6 aliphatic carbocycles. The van der Waals surface area contributed by atoms with E-state index in [4.69, 9.17) is 0 Å². The maximum Gasteiger partial charge on any atom is 0.347 e. The Morgan fingerprint density at radius 2 is 1.43 bits per heavy atom. The fourth-order valence-corrected chi connectivity index (χ4v) is 9.08. The summed E-state index contributed by atoms with van der Waals surface area (Å²) in [6, 6.07) is 0.757. The zero-order valence-electron chi connectivity index (χ0n) is 12.0. The van der Waals surface area contributed by atoms with Gasteiger partial charge < -0.3 is 0 Å². The first-order valence-electron chi connectivity index (χ1n) is 8.49. The summed E-state index contributed by atoms with van der Waals surface area (Å²) >= 11 is 0. The molecule has 2 aliphatic heterocycles. The van der Waals surface area contributed by atoms with Crippen LogP contribution in [-0.2, 0) is 7.05 Å². The van der Waals surface area contributed by atoms with Gasteiger partial charge in [0.05, 0.1) is 12.1 Å². The second kappa shape index (κ2) is 2.04. The molecule has 0 N–H and O–H groups in total. The van der Waals surface area contributed by atoms with Gasteiger partial charge in [0, 0.05) is 17.9 Å². The molecule has 3 spiro atoms. The van der Waals surface area contributed by atoms with Gasteiger partial charge in [-0.3, -0.25) is 0 Å². The molecule has 0 aromatic carbocycles. The molecule has 3 heterocycles. The lowest BCUT2D eigenvalue weighted by Crippen LogP contribution is -2.51. The third kappa shape index (κ3) is 0.561. The van der Waals surface area contributed by atoms with Crippen molar-refractivity contribution in [3.8, 4) is 0 Å². The van der Waals surface area contributed by atoms with Crippen LogP contribution in [0.25, 0.3) is 0 Å². The van der Waals surface area contributed by atoms with Gasteiger partial charge in [0.25, 0.3) is 0 Å². The van der Waals surface area contributed by atoms with E-state index in [0.717, 1.165) is 23.7 Å². The van der Waals surface area contributed by atoms with E-state index in [-0.39, 0.29) is 11.4 Å². The largest absolute Gasteiger partial charge is 0.347 e. The van der Waals surface area contributed by atoms with Crippen LogP contribution in [-0.4, -0.2) is 13.9 Å². The highest BCUT2D eigenvalue weighted by molar-refractivity contribution is 5.52. The summed E-state index contributed by atoms with van der Waals surface area (Å²) in [4.78, 5) is 25.3. The van der Waals surface area contributed by atoms with Crippen molar-refractivity contribution in [1.82, 2.24) is 13.9 Å². The Morgan fingerprint density at radius 1 is 0.905 bits per heavy atom. The third-order valence-corrected chi connectivity index (χ3v) is 9.27. The van der Waals surface area contributed by atoms with E-state index >= 15 is 0 Å². The van der Waals surface area contributed by atoms with Crippen LogP contribution in [0.15, 0.2) is 9.59 Å². The Bertz CT molecular complexity index is 865. The van der Waals surface area contributed by atoms with Gasteiger partial charge in [0.15, 0.2) is 0 Å². The Labute approximate surface area is 120 Å². The first kappa shape index (κ1) is 9.70. The molecule has 0 saturated heterocycles. The van der Waals surface area contributed by atoms with Crippen molar-refractivity contribution in [2.75, 3.05) is 0 Å². The molecule has 8 atom stereocenters. The third-order valence-electron chi connectivity index (χ3n) is 9.27. The van der Waals surface area contributed by atoms with Crippen LogP contribution in [0.3, 0.4) is 0 Å². The maximum absolute atomic E-state index is 12.6. The first-order valence-corrected chi connectivity index (χ1v) is 8.49. The summed E-state index contributed by atoms with van der Waals surface area (Å²) in [6.07, 6.45) is 5.57. The van der Waals surface area contributed by atoms with Crippen LogP contribution < -0.4 is 11.4 Å². The van der Waals surface area contributed by atoms with E-state index in [0.29, 0.717) is 28.3 Å². The normalized spacial score (nSPS) is 62.9. The summed E-state index contributed by atoms with van der Waals surface area (Å²) in [7, 11) is 1.65. The van der Waals surface area contributed by atoms with Crippen molar-refractivity contribution in [2.24, 2.45) is 47.0 Å². The number of hydrogen-bond acceptors (Lipinski definition) is 2. The first-order chi connectivity index (χ1) is 10.1. The maximum atomic E-state index is 12.6. The molecule has 1 aromatic rings. The quantitative estimate of drug-likeness (QED) is 0.696. The molecule has 1 aromatic heterocycles. The average molecular weight is 283 g/mol. The van der Waals surface area contributed by atoms with Crippen LogP contribution in [0.4, 0.5) is 0 Å². The molecule has 5 heteroatoms. The lowest BCUT2D eigenvalue weighted by Gasteiger charge is -2.45. The predicted octanol–water partition coefficient (Wildman–Crippen LogP) is 0.510. The molecule has 8 aliphatic rings. The van der Waals surface area contributed by atoms with E-state index in [1.807, 2.05) is 9.36 Å². The summed E-state index contributed by atoms with van der Waals surface area (Å²) < 4.78 is 5.21. The summed E-state index contributed by atoms with van der Waals surface area (Å²) in [5, 5.41) is 0. The highest BCUT2D eigenvalue weighted by Crippen LogP contribution is 3.08. The number of nitrogens with zero attached hydrogens (tertiary/aromatic N) is 3. The lowest BCUT2D eigenvalue weighted by atomic mass is 9.73. The van der Waals surface area contributed by atoms with Gasteiger partial charge in [0.2, 0.25) is 0 Å². The molecule has 2 unspecified atom stereocenters. The van der Waals surface area contributed by atoms with Crippen LogP contribution in [0.5, 0.6) is 0 Å². The van der Waals surface area contributed by atoms with Gasteiger partial charge in [-0.1, -0.05) is 0 Å². The van der Waals surface area contributed by atoms with Crippen molar-refractivity contribution in [3.63, 3.8) is 0 Å². The van der Waals surface area contributed by atoms with E-state index < -0.39 is 0 Å². The lowest BCUT2D eigenvalue weighted by molar-refractivity contribution is 0.0178. The molecule has 108 valence electrons. The molecular formula is C16H17N3O2. The van der Waals surface area contributed by atoms with E-state index in [1.54, 1.807) is 7.05 Å². The Hall–Kier alpha value is -1.26. The fourth-order valence-electron chi connectivity index (χ4n) is 9.08. The monoisotopic (exact) mass is 283 g/mol. The minimum Gasteiger partial charge on any atom is -0.246 e. The van der Waals surface area contributed by atoms with Gasteiger partial charge in [-0.2, -0.15) is 0 Å². The topological polar surface area (TPSA) is 48.9 Å². The average Bonchev–Trinajstić information content (AvgIpc) is 3.34. The van der Waals surface area contributed by atoms with E-state index in [1.165, 1.54) is 30.3 Å². The van der Waals surface area contributed by atoms with Crippen LogP contribution in [0.1, 0.15) is 37.8 Å². The molecular weight excluding hydrogens is 266 g/mol. The van der Waals surface area contributed by atoms with Gasteiger partial charge in [-0.05, 0) is 54.8 Å². The van der Waals surface area contributed by atoms with Crippen molar-refractivity contribution >= 4 is 0 Å². The number of hydrogen-bond donors (Lipinski definition) is 0. The minimum atomic E-state index is -0.0497. The molecule has 0 radical (unpaired) electrons. The molecule has 9 rings (SSSR count). The van der Waals surface area contributed by atoms with Gasteiger partial charge in [-0.15, -0.1) is 0 Å². The summed E-state index contributed by atoms with van der Waals surface area (Å²) in [5.41, 5.74) is 1.41. The van der Waals surface area contributed by atoms with Crippen molar-refractivity contribution < 1.29 is 0 Å². The highest BCUT2D eigenvalue weighted by Gasteiger charge is 3.05. The van der Waals surface area contributed by atoms with Crippen LogP contribution >= 0.6 is 0 Å².